The first kappa shape index (κ1) is 17.5. The fraction of sp³-hybridized carbons (Fsp3) is 0.278. The fourth-order valence-electron chi connectivity index (χ4n) is 3.15. The monoisotopic (exact) mass is 357 g/mol. The molecule has 0 saturated carbocycles. The van der Waals surface area contributed by atoms with Crippen LogP contribution in [0.4, 0.5) is 17.1 Å². The van der Waals surface area contributed by atoms with Crippen molar-refractivity contribution in [1.82, 2.24) is 0 Å². The van der Waals surface area contributed by atoms with Crippen LogP contribution in [-0.2, 0) is 0 Å². The predicted molar refractivity (Wildman–Crippen MR) is 97.5 cm³/mol. The first-order valence-corrected chi connectivity index (χ1v) is 8.16. The van der Waals surface area contributed by atoms with Crippen molar-refractivity contribution in [2.24, 2.45) is 0 Å². The number of carboxylic acid groups (broad SMARTS) is 1. The van der Waals surface area contributed by atoms with Gasteiger partial charge in [-0.25, -0.2) is 4.79 Å². The number of nitro groups is 1. The van der Waals surface area contributed by atoms with E-state index in [1.54, 1.807) is 13.2 Å². The Morgan fingerprint density at radius 2 is 1.77 bits per heavy atom. The van der Waals surface area contributed by atoms with Crippen LogP contribution in [0.3, 0.4) is 0 Å². The lowest BCUT2D eigenvalue weighted by atomic mass is 10.1. The molecule has 0 spiro atoms. The Bertz CT molecular complexity index is 831. The molecule has 8 nitrogen and oxygen atoms in total. The molecule has 0 bridgehead atoms. The number of hydrogen-bond acceptors (Lipinski definition) is 6. The van der Waals surface area contributed by atoms with Crippen molar-refractivity contribution in [3.05, 3.63) is 58.1 Å². The number of piperazine rings is 1. The molecule has 1 aliphatic rings. The van der Waals surface area contributed by atoms with Gasteiger partial charge in [-0.15, -0.1) is 0 Å². The zero-order chi connectivity index (χ0) is 18.7. The second kappa shape index (κ2) is 7.30. The lowest BCUT2D eigenvalue weighted by Crippen LogP contribution is -2.46. The minimum Gasteiger partial charge on any atom is -0.495 e. The number of carbonyl (C=O) groups is 1. The Hall–Kier alpha value is -3.29. The number of carboxylic acids is 1. The molecule has 0 aliphatic carbocycles. The Kier molecular flexibility index (Phi) is 4.92. The molecule has 8 heteroatoms. The minimum atomic E-state index is -1.30. The van der Waals surface area contributed by atoms with Crippen molar-refractivity contribution in [2.45, 2.75) is 0 Å². The van der Waals surface area contributed by atoms with Crippen LogP contribution >= 0.6 is 0 Å². The van der Waals surface area contributed by atoms with Crippen LogP contribution in [0, 0.1) is 10.1 Å². The normalized spacial score (nSPS) is 14.2. The molecular weight excluding hydrogens is 338 g/mol. The van der Waals surface area contributed by atoms with E-state index in [4.69, 9.17) is 4.74 Å². The highest BCUT2D eigenvalue weighted by molar-refractivity contribution is 5.93. The third-order valence-electron chi connectivity index (χ3n) is 4.48. The number of hydrogen-bond donors (Lipinski definition) is 1. The highest BCUT2D eigenvalue weighted by Gasteiger charge is 2.24. The van der Waals surface area contributed by atoms with Crippen LogP contribution in [-0.4, -0.2) is 49.3 Å². The Morgan fingerprint density at radius 1 is 1.12 bits per heavy atom. The van der Waals surface area contributed by atoms with Gasteiger partial charge in [0.05, 0.1) is 17.7 Å². The molecule has 1 aliphatic heterocycles. The van der Waals surface area contributed by atoms with E-state index in [0.717, 1.165) is 24.5 Å². The third-order valence-corrected chi connectivity index (χ3v) is 4.48. The molecule has 1 fully saturated rings. The summed E-state index contributed by atoms with van der Waals surface area (Å²) in [5.41, 5.74) is 1.01. The summed E-state index contributed by atoms with van der Waals surface area (Å²) in [4.78, 5) is 25.9. The van der Waals surface area contributed by atoms with Gasteiger partial charge in [0.15, 0.2) is 0 Å². The van der Waals surface area contributed by atoms with E-state index in [-0.39, 0.29) is 5.56 Å². The van der Waals surface area contributed by atoms with E-state index in [2.05, 4.69) is 4.90 Å². The number of nitrogens with zero attached hydrogens (tertiary/aromatic N) is 3. The minimum absolute atomic E-state index is 0.292. The molecule has 0 amide bonds. The van der Waals surface area contributed by atoms with Crippen LogP contribution in [0.2, 0.25) is 0 Å². The van der Waals surface area contributed by atoms with Gasteiger partial charge >= 0.3 is 5.97 Å². The summed E-state index contributed by atoms with van der Waals surface area (Å²) in [6.07, 6.45) is 0. The second-order valence-electron chi connectivity index (χ2n) is 5.91. The van der Waals surface area contributed by atoms with Crippen molar-refractivity contribution in [3.8, 4) is 5.75 Å². The molecule has 0 aromatic heterocycles. The van der Waals surface area contributed by atoms with Crippen molar-refractivity contribution in [3.63, 3.8) is 0 Å². The van der Waals surface area contributed by atoms with Crippen LogP contribution in [0.15, 0.2) is 42.5 Å². The van der Waals surface area contributed by atoms with Gasteiger partial charge in [0, 0.05) is 37.9 Å². The molecule has 1 saturated heterocycles. The summed E-state index contributed by atoms with van der Waals surface area (Å²) in [7, 11) is 1.64. The molecule has 26 heavy (non-hydrogen) atoms. The van der Waals surface area contributed by atoms with Crippen molar-refractivity contribution < 1.29 is 19.6 Å². The van der Waals surface area contributed by atoms with Crippen LogP contribution < -0.4 is 14.5 Å². The van der Waals surface area contributed by atoms with Gasteiger partial charge in [0.25, 0.3) is 5.69 Å². The highest BCUT2D eigenvalue weighted by atomic mass is 16.6. The molecule has 0 atom stereocenters. The quantitative estimate of drug-likeness (QED) is 0.649. The number of benzene rings is 2. The number of rotatable bonds is 5. The summed E-state index contributed by atoms with van der Waals surface area (Å²) in [5, 5.41) is 20.2. The van der Waals surface area contributed by atoms with Gasteiger partial charge in [0.1, 0.15) is 11.3 Å². The maximum Gasteiger partial charge on any atom is 0.342 e. The molecule has 0 unspecified atom stereocenters. The number of nitro benzene ring substituents is 1. The molecular formula is C18H19N3O5. The Balaban J connectivity index is 1.77. The molecule has 2 aromatic carbocycles. The van der Waals surface area contributed by atoms with Gasteiger partial charge in [-0.05, 0) is 24.3 Å². The van der Waals surface area contributed by atoms with E-state index in [0.29, 0.717) is 18.8 Å². The van der Waals surface area contributed by atoms with Crippen molar-refractivity contribution in [1.29, 1.82) is 0 Å². The fourth-order valence-corrected chi connectivity index (χ4v) is 3.15. The van der Waals surface area contributed by atoms with Crippen LogP contribution in [0.5, 0.6) is 5.75 Å². The average Bonchev–Trinajstić information content (AvgIpc) is 2.67. The van der Waals surface area contributed by atoms with Crippen molar-refractivity contribution >= 4 is 23.0 Å². The number of aromatic carboxylic acids is 1. The zero-order valence-electron chi connectivity index (χ0n) is 14.3. The molecule has 3 rings (SSSR count). The van der Waals surface area contributed by atoms with Crippen LogP contribution in [0.1, 0.15) is 10.4 Å². The number of ether oxygens (including phenoxy) is 1. The standard InChI is InChI=1S/C18H19N3O5/c1-26-17-5-3-2-4-16(17)20-10-8-19(9-11-20)13-6-7-15(21(24)25)14(12-13)18(22)23/h2-7,12H,8-11H2,1H3,(H,22,23). The zero-order valence-corrected chi connectivity index (χ0v) is 14.3. The SMILES string of the molecule is COc1ccccc1N1CCN(c2ccc([N+](=O)[O-])c(C(=O)O)c2)CC1. The average molecular weight is 357 g/mol. The van der Waals surface area contributed by atoms with Gasteiger partial charge in [0.2, 0.25) is 0 Å². The number of anilines is 2. The summed E-state index contributed by atoms with van der Waals surface area (Å²) in [6, 6.07) is 12.0. The smallest absolute Gasteiger partial charge is 0.342 e. The highest BCUT2D eigenvalue weighted by Crippen LogP contribution is 2.30. The maximum atomic E-state index is 11.3. The van der Waals surface area contributed by atoms with Crippen molar-refractivity contribution in [2.75, 3.05) is 43.1 Å². The van der Waals surface area contributed by atoms with Gasteiger partial charge in [-0.1, -0.05) is 12.1 Å². The molecule has 1 heterocycles. The topological polar surface area (TPSA) is 96.1 Å². The largest absolute Gasteiger partial charge is 0.495 e. The van der Waals surface area contributed by atoms with Gasteiger partial charge in [-0.2, -0.15) is 0 Å². The van der Waals surface area contributed by atoms with Gasteiger partial charge in [-0.3, -0.25) is 10.1 Å². The third kappa shape index (κ3) is 3.39. The van der Waals surface area contributed by atoms with Crippen LogP contribution in [0.25, 0.3) is 0 Å². The molecule has 2 aromatic rings. The van der Waals surface area contributed by atoms with E-state index in [1.165, 1.54) is 12.1 Å². The van der Waals surface area contributed by atoms with E-state index in [9.17, 15) is 20.0 Å². The summed E-state index contributed by atoms with van der Waals surface area (Å²) in [6.45, 7) is 2.82. The lowest BCUT2D eigenvalue weighted by Gasteiger charge is -2.37. The van der Waals surface area contributed by atoms with E-state index in [1.807, 2.05) is 29.2 Å². The maximum absolute atomic E-state index is 11.3. The van der Waals surface area contributed by atoms with E-state index >= 15 is 0 Å². The number of methoxy groups -OCH3 is 1. The number of para-hydroxylation sites is 2. The Morgan fingerprint density at radius 3 is 2.38 bits per heavy atom. The summed E-state index contributed by atoms with van der Waals surface area (Å²) in [5.74, 6) is -0.490. The Labute approximate surface area is 150 Å². The molecule has 136 valence electrons. The summed E-state index contributed by atoms with van der Waals surface area (Å²) < 4.78 is 5.40. The predicted octanol–water partition coefficient (Wildman–Crippen LogP) is 2.63. The first-order valence-electron chi connectivity index (χ1n) is 8.16. The lowest BCUT2D eigenvalue weighted by molar-refractivity contribution is -0.385. The molecule has 1 N–H and O–H groups in total. The van der Waals surface area contributed by atoms with E-state index < -0.39 is 16.6 Å². The molecule has 0 radical (unpaired) electrons. The second-order valence-corrected chi connectivity index (χ2v) is 5.91. The van der Waals surface area contributed by atoms with Gasteiger partial charge < -0.3 is 19.6 Å². The first-order chi connectivity index (χ1) is 12.5. The summed E-state index contributed by atoms with van der Waals surface area (Å²) >= 11 is 0.